The van der Waals surface area contributed by atoms with Gasteiger partial charge in [0.2, 0.25) is 0 Å². The fraction of sp³-hybridized carbons (Fsp3) is 0.417. The summed E-state index contributed by atoms with van der Waals surface area (Å²) in [6.07, 6.45) is 1.81. The molecule has 0 N–H and O–H groups in total. The molecule has 6 heteroatoms. The molecule has 0 aromatic heterocycles. The Morgan fingerprint density at radius 2 is 1.07 bits per heavy atom. The number of esters is 2. The summed E-state index contributed by atoms with van der Waals surface area (Å²) in [5.41, 5.74) is 2.36. The van der Waals surface area contributed by atoms with Crippen LogP contribution in [0.15, 0.2) is 48.5 Å². The van der Waals surface area contributed by atoms with E-state index in [9.17, 15) is 9.59 Å². The van der Waals surface area contributed by atoms with Gasteiger partial charge in [0.05, 0.1) is 25.0 Å². The first-order valence-electron chi connectivity index (χ1n) is 10.3. The molecule has 0 spiro atoms. The van der Waals surface area contributed by atoms with Gasteiger partial charge in [0.15, 0.2) is 0 Å². The zero-order valence-electron chi connectivity index (χ0n) is 17.1. The van der Waals surface area contributed by atoms with E-state index in [1.54, 1.807) is 0 Å². The van der Waals surface area contributed by atoms with E-state index in [2.05, 4.69) is 0 Å². The molecule has 0 radical (unpaired) electrons. The zero-order chi connectivity index (χ0) is 21.7. The maximum Gasteiger partial charge on any atom is 0.309 e. The third-order valence-corrected chi connectivity index (χ3v) is 5.86. The number of halogens is 2. The normalized spacial score (nSPS) is 23.6. The Morgan fingerprint density at radius 1 is 0.733 bits per heavy atom. The first-order chi connectivity index (χ1) is 14.4. The molecule has 2 aromatic carbocycles. The minimum absolute atomic E-state index is 0.0612. The molecular formula is C24H26Cl2O4. The van der Waals surface area contributed by atoms with Gasteiger partial charge in [-0.1, -0.05) is 47.5 Å². The maximum atomic E-state index is 11.4. The van der Waals surface area contributed by atoms with Crippen LogP contribution >= 0.6 is 23.2 Å². The lowest BCUT2D eigenvalue weighted by atomic mass is 10.1. The van der Waals surface area contributed by atoms with Crippen LogP contribution < -0.4 is 0 Å². The van der Waals surface area contributed by atoms with Gasteiger partial charge < -0.3 is 9.47 Å². The Labute approximate surface area is 187 Å². The third-order valence-electron chi connectivity index (χ3n) is 5.36. The number of rotatable bonds is 6. The Hall–Kier alpha value is -2.04. The molecule has 0 saturated heterocycles. The number of benzene rings is 2. The second kappa shape index (κ2) is 10.3. The quantitative estimate of drug-likeness (QED) is 0.507. The van der Waals surface area contributed by atoms with Crippen molar-refractivity contribution in [2.75, 3.05) is 13.2 Å². The number of carbonyl (C=O) groups is 2. The standard InChI is InChI=1S/2C12H13ClO2/c2*1-2-15-12(14)11-7-10(11)8-3-5-9(13)6-4-8/h2*3-6,10-11H,2,7H2,1H3. The lowest BCUT2D eigenvalue weighted by Gasteiger charge is -2.01. The molecule has 0 amide bonds. The first-order valence-corrected chi connectivity index (χ1v) is 11.0. The van der Waals surface area contributed by atoms with E-state index in [1.165, 1.54) is 11.1 Å². The molecule has 30 heavy (non-hydrogen) atoms. The summed E-state index contributed by atoms with van der Waals surface area (Å²) in [6.45, 7) is 4.58. The molecule has 0 heterocycles. The van der Waals surface area contributed by atoms with Gasteiger partial charge in [-0.15, -0.1) is 0 Å². The number of ether oxygens (including phenoxy) is 2. The van der Waals surface area contributed by atoms with E-state index in [4.69, 9.17) is 32.7 Å². The summed E-state index contributed by atoms with van der Waals surface area (Å²) in [5.74, 6) is 0.648. The smallest absolute Gasteiger partial charge is 0.309 e. The fourth-order valence-corrected chi connectivity index (χ4v) is 3.82. The Morgan fingerprint density at radius 3 is 1.37 bits per heavy atom. The number of hydrogen-bond acceptors (Lipinski definition) is 4. The van der Waals surface area contributed by atoms with E-state index in [-0.39, 0.29) is 23.8 Å². The van der Waals surface area contributed by atoms with Crippen LogP contribution in [0.5, 0.6) is 0 Å². The van der Waals surface area contributed by atoms with Crippen LogP contribution in [0.25, 0.3) is 0 Å². The summed E-state index contributed by atoms with van der Waals surface area (Å²) >= 11 is 11.6. The minimum Gasteiger partial charge on any atom is -0.466 e. The van der Waals surface area contributed by atoms with Crippen molar-refractivity contribution in [1.82, 2.24) is 0 Å². The predicted octanol–water partition coefficient (Wildman–Crippen LogP) is 6.01. The molecular weight excluding hydrogens is 423 g/mol. The highest BCUT2D eigenvalue weighted by molar-refractivity contribution is 6.30. The molecule has 4 unspecified atom stereocenters. The van der Waals surface area contributed by atoms with Crippen molar-refractivity contribution in [2.24, 2.45) is 11.8 Å². The second-order valence-corrected chi connectivity index (χ2v) is 8.38. The summed E-state index contributed by atoms with van der Waals surface area (Å²) in [6, 6.07) is 15.3. The van der Waals surface area contributed by atoms with Crippen LogP contribution in [0.3, 0.4) is 0 Å². The van der Waals surface area contributed by atoms with Gasteiger partial charge in [0, 0.05) is 10.0 Å². The predicted molar refractivity (Wildman–Crippen MR) is 118 cm³/mol. The van der Waals surface area contributed by atoms with E-state index in [0.29, 0.717) is 25.0 Å². The number of carbonyl (C=O) groups excluding carboxylic acids is 2. The number of hydrogen-bond donors (Lipinski definition) is 0. The fourth-order valence-electron chi connectivity index (χ4n) is 3.57. The lowest BCUT2D eigenvalue weighted by Crippen LogP contribution is -2.07. The largest absolute Gasteiger partial charge is 0.466 e. The lowest BCUT2D eigenvalue weighted by molar-refractivity contribution is -0.145. The molecule has 4 atom stereocenters. The highest BCUT2D eigenvalue weighted by atomic mass is 35.5. The van der Waals surface area contributed by atoms with E-state index < -0.39 is 0 Å². The van der Waals surface area contributed by atoms with Crippen molar-refractivity contribution < 1.29 is 19.1 Å². The highest BCUT2D eigenvalue weighted by Crippen LogP contribution is 2.49. The third kappa shape index (κ3) is 5.99. The van der Waals surface area contributed by atoms with Crippen molar-refractivity contribution in [3.63, 3.8) is 0 Å². The van der Waals surface area contributed by atoms with E-state index in [0.717, 1.165) is 22.9 Å². The molecule has 4 rings (SSSR count). The van der Waals surface area contributed by atoms with Crippen LogP contribution in [0.2, 0.25) is 10.0 Å². The summed E-state index contributed by atoms with van der Waals surface area (Å²) < 4.78 is 9.95. The molecule has 2 aliphatic carbocycles. The first kappa shape index (κ1) is 22.6. The summed E-state index contributed by atoms with van der Waals surface area (Å²) in [4.78, 5) is 22.8. The molecule has 160 valence electrons. The van der Waals surface area contributed by atoms with Crippen LogP contribution in [-0.2, 0) is 19.1 Å². The SMILES string of the molecule is CCOC(=O)C1CC1c1ccc(Cl)cc1.CCOC(=O)C1CC1c1ccc(Cl)cc1. The molecule has 2 aliphatic rings. The van der Waals surface area contributed by atoms with Crippen molar-refractivity contribution in [2.45, 2.75) is 38.5 Å². The highest BCUT2D eigenvalue weighted by Gasteiger charge is 2.45. The van der Waals surface area contributed by atoms with Gasteiger partial charge in [-0.3, -0.25) is 9.59 Å². The molecule has 4 nitrogen and oxygen atoms in total. The summed E-state index contributed by atoms with van der Waals surface area (Å²) in [7, 11) is 0. The van der Waals surface area contributed by atoms with Crippen molar-refractivity contribution in [3.05, 3.63) is 69.7 Å². The Bertz CT molecular complexity index is 790. The van der Waals surface area contributed by atoms with Gasteiger partial charge in [0.25, 0.3) is 0 Å². The second-order valence-electron chi connectivity index (χ2n) is 7.50. The molecule has 2 aromatic rings. The van der Waals surface area contributed by atoms with Crippen LogP contribution in [0.1, 0.15) is 49.7 Å². The maximum absolute atomic E-state index is 11.4. The molecule has 2 saturated carbocycles. The molecule has 0 aliphatic heterocycles. The molecule has 0 bridgehead atoms. The van der Waals surface area contributed by atoms with Gasteiger partial charge in [0.1, 0.15) is 0 Å². The van der Waals surface area contributed by atoms with Gasteiger partial charge in [-0.25, -0.2) is 0 Å². The van der Waals surface area contributed by atoms with Crippen molar-refractivity contribution >= 4 is 35.1 Å². The van der Waals surface area contributed by atoms with Crippen LogP contribution in [-0.4, -0.2) is 25.2 Å². The average Bonchev–Trinajstić information content (AvgIpc) is 3.63. The van der Waals surface area contributed by atoms with Gasteiger partial charge in [-0.2, -0.15) is 0 Å². The summed E-state index contributed by atoms with van der Waals surface area (Å²) in [5, 5.41) is 1.46. The van der Waals surface area contributed by atoms with Gasteiger partial charge in [-0.05, 0) is 73.9 Å². The van der Waals surface area contributed by atoms with Gasteiger partial charge >= 0.3 is 11.9 Å². The van der Waals surface area contributed by atoms with Crippen molar-refractivity contribution in [1.29, 1.82) is 0 Å². The zero-order valence-corrected chi connectivity index (χ0v) is 18.7. The Kier molecular flexibility index (Phi) is 7.79. The van der Waals surface area contributed by atoms with Crippen LogP contribution in [0.4, 0.5) is 0 Å². The minimum atomic E-state index is -0.0718. The molecule has 2 fully saturated rings. The van der Waals surface area contributed by atoms with E-state index in [1.807, 2.05) is 62.4 Å². The Balaban J connectivity index is 0.000000171. The monoisotopic (exact) mass is 448 g/mol. The average molecular weight is 449 g/mol. The van der Waals surface area contributed by atoms with E-state index >= 15 is 0 Å². The topological polar surface area (TPSA) is 52.6 Å². The van der Waals surface area contributed by atoms with Crippen LogP contribution in [0, 0.1) is 11.8 Å². The van der Waals surface area contributed by atoms with Crippen molar-refractivity contribution in [3.8, 4) is 0 Å².